The number of benzene rings is 2. The van der Waals surface area contributed by atoms with Crippen LogP contribution in [0.15, 0.2) is 60.7 Å². The third kappa shape index (κ3) is 14.2. The molecule has 0 aliphatic rings. The number of carbonyl (C=O) groups is 3. The molecule has 7 heteroatoms. The summed E-state index contributed by atoms with van der Waals surface area (Å²) in [7, 11) is 0. The third-order valence-electron chi connectivity index (χ3n) is 6.00. The minimum absolute atomic E-state index is 0.165. The molecular formula is C32H42O7. The van der Waals surface area contributed by atoms with Crippen LogP contribution in [0.2, 0.25) is 0 Å². The molecule has 0 saturated heterocycles. The van der Waals surface area contributed by atoms with Crippen molar-refractivity contribution in [3.8, 4) is 11.5 Å². The molecule has 0 fully saturated rings. The Morgan fingerprint density at radius 1 is 0.667 bits per heavy atom. The van der Waals surface area contributed by atoms with Gasteiger partial charge < -0.3 is 18.9 Å². The van der Waals surface area contributed by atoms with E-state index in [0.717, 1.165) is 69.1 Å². The first-order chi connectivity index (χ1) is 18.8. The van der Waals surface area contributed by atoms with Gasteiger partial charge in [0.25, 0.3) is 0 Å². The molecule has 0 aromatic heterocycles. The number of hydrogen-bond acceptors (Lipinski definition) is 7. The molecule has 0 heterocycles. The molecule has 0 atom stereocenters. The van der Waals surface area contributed by atoms with E-state index in [1.54, 1.807) is 43.3 Å². The van der Waals surface area contributed by atoms with Crippen LogP contribution in [-0.2, 0) is 19.1 Å². The Kier molecular flexibility index (Phi) is 15.1. The Balaban J connectivity index is 1.41. The lowest BCUT2D eigenvalue weighted by Crippen LogP contribution is -2.08. The predicted octanol–water partition coefficient (Wildman–Crippen LogP) is 7.16. The summed E-state index contributed by atoms with van der Waals surface area (Å²) in [6, 6.07) is 14.4. The quantitative estimate of drug-likeness (QED) is 0.0812. The standard InChI is InChI=1S/C32H42O7/c1-25(2)31(34)38-24-12-8-9-13-30(33)37-23-11-7-5-4-6-10-22-36-28-20-16-27(17-21-28)32(35)39-29-18-14-26(3)15-19-29/h14-21H,1,4-13,22-24H2,2-3H3. The molecule has 0 spiro atoms. The van der Waals surface area contributed by atoms with Gasteiger partial charge in [-0.1, -0.05) is 50.0 Å². The van der Waals surface area contributed by atoms with Crippen molar-refractivity contribution in [2.24, 2.45) is 0 Å². The van der Waals surface area contributed by atoms with Crippen LogP contribution in [0.3, 0.4) is 0 Å². The molecule has 0 amide bonds. The number of ether oxygens (including phenoxy) is 4. The maximum atomic E-state index is 12.3. The smallest absolute Gasteiger partial charge is 0.343 e. The number of unbranched alkanes of at least 4 members (excludes halogenated alkanes) is 7. The summed E-state index contributed by atoms with van der Waals surface area (Å²) in [6.45, 7) is 8.58. The number of rotatable bonds is 19. The Labute approximate surface area is 232 Å². The van der Waals surface area contributed by atoms with Crippen molar-refractivity contribution in [2.45, 2.75) is 78.1 Å². The summed E-state index contributed by atoms with van der Waals surface area (Å²) in [6.07, 6.45) is 8.81. The predicted molar refractivity (Wildman–Crippen MR) is 151 cm³/mol. The highest BCUT2D eigenvalue weighted by atomic mass is 16.5. The van der Waals surface area contributed by atoms with Crippen molar-refractivity contribution < 1.29 is 33.3 Å². The Bertz CT molecular complexity index is 1030. The number of hydrogen-bond donors (Lipinski definition) is 0. The molecular weight excluding hydrogens is 496 g/mol. The van der Waals surface area contributed by atoms with Crippen LogP contribution in [0, 0.1) is 6.92 Å². The van der Waals surface area contributed by atoms with Crippen molar-refractivity contribution in [2.75, 3.05) is 19.8 Å². The first kappa shape index (κ1) is 31.6. The van der Waals surface area contributed by atoms with E-state index < -0.39 is 5.97 Å². The average molecular weight is 539 g/mol. The topological polar surface area (TPSA) is 88.1 Å². The van der Waals surface area contributed by atoms with Gasteiger partial charge in [0.1, 0.15) is 11.5 Å². The molecule has 0 aliphatic heterocycles. The summed E-state index contributed by atoms with van der Waals surface area (Å²) in [5.74, 6) is 0.328. The summed E-state index contributed by atoms with van der Waals surface area (Å²) in [5, 5.41) is 0. The molecule has 0 radical (unpaired) electrons. The fourth-order valence-corrected chi connectivity index (χ4v) is 3.66. The zero-order chi connectivity index (χ0) is 28.3. The highest BCUT2D eigenvalue weighted by molar-refractivity contribution is 5.91. The molecule has 39 heavy (non-hydrogen) atoms. The minimum Gasteiger partial charge on any atom is -0.494 e. The second-order valence-electron chi connectivity index (χ2n) is 9.64. The van der Waals surface area contributed by atoms with E-state index >= 15 is 0 Å². The van der Waals surface area contributed by atoms with Gasteiger partial charge in [-0.3, -0.25) is 4.79 Å². The van der Waals surface area contributed by atoms with Crippen molar-refractivity contribution in [1.29, 1.82) is 0 Å². The van der Waals surface area contributed by atoms with Gasteiger partial charge in [0, 0.05) is 12.0 Å². The van der Waals surface area contributed by atoms with Crippen molar-refractivity contribution in [3.63, 3.8) is 0 Å². The summed E-state index contributed by atoms with van der Waals surface area (Å²) >= 11 is 0. The number of carbonyl (C=O) groups excluding carboxylic acids is 3. The zero-order valence-electron chi connectivity index (χ0n) is 23.4. The van der Waals surface area contributed by atoms with E-state index in [9.17, 15) is 14.4 Å². The maximum Gasteiger partial charge on any atom is 0.343 e. The van der Waals surface area contributed by atoms with Crippen molar-refractivity contribution >= 4 is 17.9 Å². The van der Waals surface area contributed by atoms with Crippen LogP contribution in [0.25, 0.3) is 0 Å². The van der Waals surface area contributed by atoms with Crippen LogP contribution in [0.4, 0.5) is 0 Å². The van der Waals surface area contributed by atoms with Crippen LogP contribution in [-0.4, -0.2) is 37.7 Å². The van der Waals surface area contributed by atoms with Crippen LogP contribution >= 0.6 is 0 Å². The normalized spacial score (nSPS) is 10.5. The van der Waals surface area contributed by atoms with Gasteiger partial charge in [-0.25, -0.2) is 9.59 Å². The minimum atomic E-state index is -0.393. The molecule has 0 N–H and O–H groups in total. The van der Waals surface area contributed by atoms with E-state index in [1.807, 2.05) is 19.1 Å². The maximum absolute atomic E-state index is 12.3. The van der Waals surface area contributed by atoms with Gasteiger partial charge >= 0.3 is 17.9 Å². The first-order valence-corrected chi connectivity index (χ1v) is 13.8. The SMILES string of the molecule is C=C(C)C(=O)OCCCCCC(=O)OCCCCCCCCOc1ccc(C(=O)Oc2ccc(C)cc2)cc1. The van der Waals surface area contributed by atoms with Gasteiger partial charge in [-0.15, -0.1) is 0 Å². The summed E-state index contributed by atoms with van der Waals surface area (Å²) < 4.78 is 21.5. The summed E-state index contributed by atoms with van der Waals surface area (Å²) in [5.41, 5.74) is 1.98. The van der Waals surface area contributed by atoms with E-state index in [1.165, 1.54) is 0 Å². The average Bonchev–Trinajstić information content (AvgIpc) is 2.93. The molecule has 2 aromatic carbocycles. The molecule has 2 aromatic rings. The summed E-state index contributed by atoms with van der Waals surface area (Å²) in [4.78, 5) is 35.3. The molecule has 212 valence electrons. The van der Waals surface area contributed by atoms with Gasteiger partial charge in [0.2, 0.25) is 0 Å². The molecule has 2 rings (SSSR count). The number of aryl methyl sites for hydroxylation is 1. The second-order valence-corrected chi connectivity index (χ2v) is 9.64. The van der Waals surface area contributed by atoms with E-state index in [2.05, 4.69) is 6.58 Å². The van der Waals surface area contributed by atoms with E-state index in [-0.39, 0.29) is 11.9 Å². The lowest BCUT2D eigenvalue weighted by molar-refractivity contribution is -0.144. The first-order valence-electron chi connectivity index (χ1n) is 13.8. The lowest BCUT2D eigenvalue weighted by Gasteiger charge is -2.08. The highest BCUT2D eigenvalue weighted by Crippen LogP contribution is 2.17. The van der Waals surface area contributed by atoms with Gasteiger partial charge in [0.15, 0.2) is 0 Å². The fourth-order valence-electron chi connectivity index (χ4n) is 3.66. The highest BCUT2D eigenvalue weighted by Gasteiger charge is 2.09. The molecule has 7 nitrogen and oxygen atoms in total. The Morgan fingerprint density at radius 2 is 1.21 bits per heavy atom. The van der Waals surface area contributed by atoms with E-state index in [4.69, 9.17) is 18.9 Å². The number of esters is 3. The Hall–Kier alpha value is -3.61. The van der Waals surface area contributed by atoms with Crippen molar-refractivity contribution in [3.05, 3.63) is 71.8 Å². The third-order valence-corrected chi connectivity index (χ3v) is 6.00. The van der Waals surface area contributed by atoms with Crippen LogP contribution in [0.1, 0.15) is 87.1 Å². The zero-order valence-corrected chi connectivity index (χ0v) is 23.4. The largest absolute Gasteiger partial charge is 0.494 e. The monoisotopic (exact) mass is 538 g/mol. The van der Waals surface area contributed by atoms with E-state index in [0.29, 0.717) is 43.1 Å². The second kappa shape index (κ2) is 18.6. The molecule has 0 bridgehead atoms. The Morgan fingerprint density at radius 3 is 1.85 bits per heavy atom. The molecule has 0 saturated carbocycles. The fraction of sp³-hybridized carbons (Fsp3) is 0.469. The van der Waals surface area contributed by atoms with Gasteiger partial charge in [0.05, 0.1) is 25.4 Å². The molecule has 0 aliphatic carbocycles. The van der Waals surface area contributed by atoms with Crippen LogP contribution < -0.4 is 9.47 Å². The lowest BCUT2D eigenvalue weighted by atomic mass is 10.1. The van der Waals surface area contributed by atoms with Gasteiger partial charge in [-0.2, -0.15) is 0 Å². The van der Waals surface area contributed by atoms with Crippen molar-refractivity contribution in [1.82, 2.24) is 0 Å². The van der Waals surface area contributed by atoms with Gasteiger partial charge in [-0.05, 0) is 82.3 Å². The van der Waals surface area contributed by atoms with Crippen LogP contribution in [0.5, 0.6) is 11.5 Å². The molecule has 0 unspecified atom stereocenters.